The molecule has 5 heteroatoms. The number of aromatic nitrogens is 1. The van der Waals surface area contributed by atoms with Gasteiger partial charge in [-0.2, -0.15) is 0 Å². The molecular formula is C17H20N2O3. The van der Waals surface area contributed by atoms with E-state index in [1.165, 1.54) is 0 Å². The molecular weight excluding hydrogens is 280 g/mol. The lowest BCUT2D eigenvalue weighted by Gasteiger charge is -2.09. The van der Waals surface area contributed by atoms with Gasteiger partial charge in [0.15, 0.2) is 6.61 Å². The lowest BCUT2D eigenvalue weighted by Crippen LogP contribution is -2.17. The van der Waals surface area contributed by atoms with Crippen molar-refractivity contribution in [2.24, 2.45) is 5.73 Å². The van der Waals surface area contributed by atoms with Crippen molar-refractivity contribution in [3.05, 3.63) is 52.8 Å². The van der Waals surface area contributed by atoms with Gasteiger partial charge in [-0.25, -0.2) is 0 Å². The summed E-state index contributed by atoms with van der Waals surface area (Å²) in [5, 5.41) is 0. The van der Waals surface area contributed by atoms with Gasteiger partial charge in [0, 0.05) is 23.5 Å². The first kappa shape index (κ1) is 15.8. The Morgan fingerprint density at radius 3 is 2.45 bits per heavy atom. The zero-order valence-electron chi connectivity index (χ0n) is 13.1. The maximum absolute atomic E-state index is 12.3. The van der Waals surface area contributed by atoms with Crippen molar-refractivity contribution in [1.82, 2.24) is 4.57 Å². The smallest absolute Gasteiger partial charge is 0.252 e. The first-order chi connectivity index (χ1) is 10.5. The van der Waals surface area contributed by atoms with Gasteiger partial charge in [-0.3, -0.25) is 9.59 Å². The summed E-state index contributed by atoms with van der Waals surface area (Å²) in [7, 11) is 0. The largest absolute Gasteiger partial charge is 0.485 e. The van der Waals surface area contributed by atoms with E-state index in [9.17, 15) is 9.59 Å². The minimum atomic E-state index is -0.577. The highest BCUT2D eigenvalue weighted by Gasteiger charge is 2.16. The number of rotatable bonds is 6. The Morgan fingerprint density at radius 1 is 1.18 bits per heavy atom. The first-order valence-corrected chi connectivity index (χ1v) is 7.17. The van der Waals surface area contributed by atoms with Gasteiger partial charge in [-0.15, -0.1) is 0 Å². The Kier molecular flexibility index (Phi) is 4.65. The second kappa shape index (κ2) is 6.47. The van der Waals surface area contributed by atoms with Crippen LogP contribution in [0.4, 0.5) is 0 Å². The van der Waals surface area contributed by atoms with Crippen LogP contribution in [0.3, 0.4) is 0 Å². The molecule has 1 heterocycles. The van der Waals surface area contributed by atoms with Crippen LogP contribution in [0.15, 0.2) is 30.3 Å². The molecule has 0 bridgehead atoms. The van der Waals surface area contributed by atoms with Gasteiger partial charge in [-0.1, -0.05) is 12.1 Å². The minimum Gasteiger partial charge on any atom is -0.485 e. The van der Waals surface area contributed by atoms with E-state index < -0.39 is 5.91 Å². The van der Waals surface area contributed by atoms with E-state index in [1.807, 2.05) is 26.8 Å². The molecule has 0 saturated heterocycles. The number of nitrogens with zero attached hydrogens (tertiary/aromatic N) is 1. The predicted octanol–water partition coefficient (Wildman–Crippen LogP) is 2.49. The summed E-state index contributed by atoms with van der Waals surface area (Å²) < 4.78 is 7.57. The Labute approximate surface area is 129 Å². The molecule has 0 saturated carbocycles. The highest BCUT2D eigenvalue weighted by Crippen LogP contribution is 2.19. The van der Waals surface area contributed by atoms with E-state index in [0.717, 1.165) is 17.9 Å². The Morgan fingerprint density at radius 2 is 1.86 bits per heavy atom. The fraction of sp³-hybridized carbons (Fsp3) is 0.294. The highest BCUT2D eigenvalue weighted by molar-refractivity contribution is 5.99. The van der Waals surface area contributed by atoms with E-state index in [2.05, 4.69) is 4.57 Å². The summed E-state index contributed by atoms with van der Waals surface area (Å²) in [4.78, 5) is 23.7. The van der Waals surface area contributed by atoms with Crippen LogP contribution in [-0.2, 0) is 6.54 Å². The molecule has 116 valence electrons. The molecule has 1 aromatic heterocycles. The standard InChI is InChI=1S/C17H20N2O3/c1-4-19-11(2)9-14(12(19)3)15(20)10-22-16-8-6-5-7-13(16)17(18)21/h5-9H,4,10H2,1-3H3,(H2,18,21). The van der Waals surface area contributed by atoms with Gasteiger partial charge in [-0.05, 0) is 39.0 Å². The third-order valence-corrected chi connectivity index (χ3v) is 3.70. The number of hydrogen-bond acceptors (Lipinski definition) is 3. The van der Waals surface area contributed by atoms with Crippen LogP contribution >= 0.6 is 0 Å². The zero-order chi connectivity index (χ0) is 16.3. The quantitative estimate of drug-likeness (QED) is 0.833. The number of amides is 1. The summed E-state index contributed by atoms with van der Waals surface area (Å²) in [6.07, 6.45) is 0. The molecule has 2 rings (SSSR count). The number of aryl methyl sites for hydroxylation is 1. The number of ether oxygens (including phenoxy) is 1. The Hall–Kier alpha value is -2.56. The van der Waals surface area contributed by atoms with Crippen molar-refractivity contribution in [2.75, 3.05) is 6.61 Å². The Balaban J connectivity index is 2.16. The molecule has 0 spiro atoms. The zero-order valence-corrected chi connectivity index (χ0v) is 13.1. The van der Waals surface area contributed by atoms with E-state index >= 15 is 0 Å². The van der Waals surface area contributed by atoms with Crippen LogP contribution in [0.5, 0.6) is 5.75 Å². The minimum absolute atomic E-state index is 0.118. The van der Waals surface area contributed by atoms with Crippen LogP contribution in [-0.4, -0.2) is 22.9 Å². The fourth-order valence-corrected chi connectivity index (χ4v) is 2.59. The van der Waals surface area contributed by atoms with Crippen LogP contribution in [0.1, 0.15) is 39.0 Å². The van der Waals surface area contributed by atoms with E-state index in [1.54, 1.807) is 24.3 Å². The molecule has 0 radical (unpaired) electrons. The number of hydrogen-bond donors (Lipinski definition) is 1. The summed E-state index contributed by atoms with van der Waals surface area (Å²) in [6, 6.07) is 8.50. The van der Waals surface area contributed by atoms with E-state index in [-0.39, 0.29) is 18.0 Å². The van der Waals surface area contributed by atoms with Crippen LogP contribution < -0.4 is 10.5 Å². The maximum Gasteiger partial charge on any atom is 0.252 e. The molecule has 0 unspecified atom stereocenters. The molecule has 0 atom stereocenters. The van der Waals surface area contributed by atoms with Crippen LogP contribution in [0, 0.1) is 13.8 Å². The molecule has 0 fully saturated rings. The number of primary amides is 1. The summed E-state index contributed by atoms with van der Waals surface area (Å²) in [5.41, 5.74) is 8.18. The molecule has 0 aliphatic carbocycles. The fourth-order valence-electron chi connectivity index (χ4n) is 2.59. The van der Waals surface area contributed by atoms with Gasteiger partial charge < -0.3 is 15.0 Å². The van der Waals surface area contributed by atoms with Gasteiger partial charge >= 0.3 is 0 Å². The molecule has 0 aliphatic heterocycles. The lowest BCUT2D eigenvalue weighted by molar-refractivity contribution is 0.0911. The molecule has 22 heavy (non-hydrogen) atoms. The molecule has 1 aromatic carbocycles. The third-order valence-electron chi connectivity index (χ3n) is 3.70. The normalized spacial score (nSPS) is 10.5. The Bertz CT molecular complexity index is 717. The first-order valence-electron chi connectivity index (χ1n) is 7.17. The van der Waals surface area contributed by atoms with Gasteiger partial charge in [0.2, 0.25) is 5.78 Å². The van der Waals surface area contributed by atoms with Crippen molar-refractivity contribution in [3.8, 4) is 5.75 Å². The third kappa shape index (κ3) is 3.03. The van der Waals surface area contributed by atoms with Crippen molar-refractivity contribution in [2.45, 2.75) is 27.3 Å². The molecule has 0 aliphatic rings. The molecule has 5 nitrogen and oxygen atoms in total. The number of Topliss-reactive ketones (excluding diaryl/α,β-unsaturated/α-hetero) is 1. The number of para-hydroxylation sites is 1. The number of carbonyl (C=O) groups excluding carboxylic acids is 2. The van der Waals surface area contributed by atoms with Gasteiger partial charge in [0.05, 0.1) is 5.56 Å². The van der Waals surface area contributed by atoms with Crippen LogP contribution in [0.25, 0.3) is 0 Å². The van der Waals surface area contributed by atoms with Crippen molar-refractivity contribution < 1.29 is 14.3 Å². The summed E-state index contributed by atoms with van der Waals surface area (Å²) in [6.45, 7) is 6.61. The van der Waals surface area contributed by atoms with Crippen molar-refractivity contribution in [1.29, 1.82) is 0 Å². The number of ketones is 1. The van der Waals surface area contributed by atoms with E-state index in [4.69, 9.17) is 10.5 Å². The topological polar surface area (TPSA) is 74.3 Å². The highest BCUT2D eigenvalue weighted by atomic mass is 16.5. The molecule has 2 N–H and O–H groups in total. The molecule has 1 amide bonds. The maximum atomic E-state index is 12.3. The lowest BCUT2D eigenvalue weighted by atomic mass is 10.1. The number of carbonyl (C=O) groups is 2. The monoisotopic (exact) mass is 300 g/mol. The summed E-state index contributed by atoms with van der Waals surface area (Å²) in [5.74, 6) is -0.369. The van der Waals surface area contributed by atoms with Crippen molar-refractivity contribution in [3.63, 3.8) is 0 Å². The van der Waals surface area contributed by atoms with Crippen molar-refractivity contribution >= 4 is 11.7 Å². The SMILES string of the molecule is CCn1c(C)cc(C(=O)COc2ccccc2C(N)=O)c1C. The second-order valence-corrected chi connectivity index (χ2v) is 5.10. The number of benzene rings is 1. The average molecular weight is 300 g/mol. The summed E-state index contributed by atoms with van der Waals surface area (Å²) >= 11 is 0. The molecule has 2 aromatic rings. The average Bonchev–Trinajstić information content (AvgIpc) is 2.79. The second-order valence-electron chi connectivity index (χ2n) is 5.10. The van der Waals surface area contributed by atoms with E-state index in [0.29, 0.717) is 11.3 Å². The predicted molar refractivity (Wildman–Crippen MR) is 84.4 cm³/mol. The van der Waals surface area contributed by atoms with Gasteiger partial charge in [0.25, 0.3) is 5.91 Å². The number of nitrogens with two attached hydrogens (primary N) is 1. The van der Waals surface area contributed by atoms with Gasteiger partial charge in [0.1, 0.15) is 5.75 Å². The van der Waals surface area contributed by atoms with Crippen LogP contribution in [0.2, 0.25) is 0 Å².